The zero-order chi connectivity index (χ0) is 11.4. The lowest BCUT2D eigenvalue weighted by molar-refractivity contribution is 0.131. The third-order valence-corrected chi connectivity index (χ3v) is 2.69. The lowest BCUT2D eigenvalue weighted by atomic mass is 10.2. The molecule has 2 rings (SSSR count). The van der Waals surface area contributed by atoms with E-state index in [0.717, 1.165) is 6.42 Å². The van der Waals surface area contributed by atoms with Gasteiger partial charge in [0.05, 0.1) is 12.6 Å². The molecule has 1 amide bonds. The summed E-state index contributed by atoms with van der Waals surface area (Å²) in [6, 6.07) is 9.21. The molecule has 4 heteroatoms. The third kappa shape index (κ3) is 2.52. The number of ether oxygens (including phenoxy) is 2. The predicted molar refractivity (Wildman–Crippen MR) is 59.5 cm³/mol. The first-order valence-corrected chi connectivity index (χ1v) is 5.35. The fourth-order valence-corrected chi connectivity index (χ4v) is 1.64. The highest BCUT2D eigenvalue weighted by atomic mass is 16.6. The van der Waals surface area contributed by atoms with E-state index in [1.807, 2.05) is 18.2 Å². The van der Waals surface area contributed by atoms with E-state index >= 15 is 0 Å². The van der Waals surface area contributed by atoms with Crippen molar-refractivity contribution < 1.29 is 14.3 Å². The van der Waals surface area contributed by atoms with E-state index in [9.17, 15) is 4.79 Å². The lowest BCUT2D eigenvalue weighted by Gasteiger charge is -2.22. The second kappa shape index (κ2) is 4.99. The number of nitrogens with zero attached hydrogens (tertiary/aromatic N) is 1. The van der Waals surface area contributed by atoms with Crippen molar-refractivity contribution >= 4 is 6.09 Å². The Hall–Kier alpha value is -1.55. The van der Waals surface area contributed by atoms with Crippen molar-refractivity contribution in [2.24, 2.45) is 0 Å². The standard InChI is InChI=1S/C12H15NO3/c1-13(10-7-8-15-9-10)12(14)16-11-5-3-2-4-6-11/h2-6,10H,7-9H2,1H3. The maximum absolute atomic E-state index is 11.7. The predicted octanol–water partition coefficient (Wildman–Crippen LogP) is 1.91. The summed E-state index contributed by atoms with van der Waals surface area (Å²) in [4.78, 5) is 13.3. The highest BCUT2D eigenvalue weighted by Crippen LogP contribution is 2.14. The van der Waals surface area contributed by atoms with Gasteiger partial charge in [-0.25, -0.2) is 4.79 Å². The number of carbonyl (C=O) groups is 1. The number of amides is 1. The number of para-hydroxylation sites is 1. The summed E-state index contributed by atoms with van der Waals surface area (Å²) in [5.41, 5.74) is 0. The monoisotopic (exact) mass is 221 g/mol. The fourth-order valence-electron chi connectivity index (χ4n) is 1.64. The van der Waals surface area contributed by atoms with Crippen molar-refractivity contribution in [3.05, 3.63) is 30.3 Å². The molecule has 1 unspecified atom stereocenters. The zero-order valence-corrected chi connectivity index (χ0v) is 9.26. The Morgan fingerprint density at radius 1 is 1.44 bits per heavy atom. The molecular weight excluding hydrogens is 206 g/mol. The van der Waals surface area contributed by atoms with Crippen LogP contribution in [0.15, 0.2) is 30.3 Å². The first-order valence-electron chi connectivity index (χ1n) is 5.35. The quantitative estimate of drug-likeness (QED) is 0.765. The zero-order valence-electron chi connectivity index (χ0n) is 9.26. The Kier molecular flexibility index (Phi) is 3.41. The second-order valence-corrected chi connectivity index (χ2v) is 3.81. The molecule has 1 aliphatic rings. The van der Waals surface area contributed by atoms with Gasteiger partial charge in [0.25, 0.3) is 0 Å². The average molecular weight is 221 g/mol. The van der Waals surface area contributed by atoms with Crippen molar-refractivity contribution in [3.63, 3.8) is 0 Å². The molecule has 16 heavy (non-hydrogen) atoms. The van der Waals surface area contributed by atoms with Crippen LogP contribution in [0, 0.1) is 0 Å². The van der Waals surface area contributed by atoms with Crippen LogP contribution in [0.3, 0.4) is 0 Å². The van der Waals surface area contributed by atoms with Gasteiger partial charge in [-0.05, 0) is 18.6 Å². The molecule has 1 aliphatic heterocycles. The van der Waals surface area contributed by atoms with Crippen LogP contribution in [0.2, 0.25) is 0 Å². The summed E-state index contributed by atoms with van der Waals surface area (Å²) in [5.74, 6) is 0.568. The lowest BCUT2D eigenvalue weighted by Crippen LogP contribution is -2.39. The fraction of sp³-hybridized carbons (Fsp3) is 0.417. The van der Waals surface area contributed by atoms with E-state index in [-0.39, 0.29) is 12.1 Å². The molecule has 1 aromatic carbocycles. The number of benzene rings is 1. The molecule has 0 radical (unpaired) electrons. The number of hydrogen-bond donors (Lipinski definition) is 0. The highest BCUT2D eigenvalue weighted by Gasteiger charge is 2.25. The minimum Gasteiger partial charge on any atom is -0.410 e. The Bertz CT molecular complexity index is 347. The van der Waals surface area contributed by atoms with Gasteiger partial charge in [0, 0.05) is 13.7 Å². The van der Waals surface area contributed by atoms with Crippen LogP contribution in [-0.2, 0) is 4.74 Å². The van der Waals surface area contributed by atoms with Crippen molar-refractivity contribution in [2.45, 2.75) is 12.5 Å². The summed E-state index contributed by atoms with van der Waals surface area (Å²) < 4.78 is 10.4. The van der Waals surface area contributed by atoms with Crippen molar-refractivity contribution in [3.8, 4) is 5.75 Å². The third-order valence-electron chi connectivity index (χ3n) is 2.69. The van der Waals surface area contributed by atoms with Gasteiger partial charge >= 0.3 is 6.09 Å². The molecule has 0 saturated carbocycles. The van der Waals surface area contributed by atoms with E-state index in [2.05, 4.69) is 0 Å². The molecule has 0 spiro atoms. The average Bonchev–Trinajstić information content (AvgIpc) is 2.83. The number of likely N-dealkylation sites (N-methyl/N-ethyl adjacent to an activating group) is 1. The Balaban J connectivity index is 1.92. The van der Waals surface area contributed by atoms with Gasteiger partial charge < -0.3 is 14.4 Å². The van der Waals surface area contributed by atoms with Crippen molar-refractivity contribution in [2.75, 3.05) is 20.3 Å². The summed E-state index contributed by atoms with van der Waals surface area (Å²) in [7, 11) is 1.74. The molecular formula is C12H15NO3. The van der Waals surface area contributed by atoms with Gasteiger partial charge in [0.2, 0.25) is 0 Å². The van der Waals surface area contributed by atoms with Gasteiger partial charge in [-0.3, -0.25) is 0 Å². The maximum atomic E-state index is 11.7. The normalized spacial score (nSPS) is 19.4. The van der Waals surface area contributed by atoms with Crippen LogP contribution in [0.1, 0.15) is 6.42 Å². The van der Waals surface area contributed by atoms with Crippen LogP contribution in [0.4, 0.5) is 4.79 Å². The molecule has 1 atom stereocenters. The van der Waals surface area contributed by atoms with E-state index in [1.165, 1.54) is 0 Å². The van der Waals surface area contributed by atoms with Gasteiger partial charge in [-0.1, -0.05) is 18.2 Å². The van der Waals surface area contributed by atoms with E-state index in [4.69, 9.17) is 9.47 Å². The van der Waals surface area contributed by atoms with Crippen LogP contribution >= 0.6 is 0 Å². The highest BCUT2D eigenvalue weighted by molar-refractivity contribution is 5.70. The van der Waals surface area contributed by atoms with Gasteiger partial charge in [-0.2, -0.15) is 0 Å². The summed E-state index contributed by atoms with van der Waals surface area (Å²) in [6.45, 7) is 1.31. The number of hydrogen-bond acceptors (Lipinski definition) is 3. The number of carbonyl (C=O) groups excluding carboxylic acids is 1. The van der Waals surface area contributed by atoms with Gasteiger partial charge in [-0.15, -0.1) is 0 Å². The van der Waals surface area contributed by atoms with Crippen LogP contribution in [0.5, 0.6) is 5.75 Å². The topological polar surface area (TPSA) is 38.8 Å². The molecule has 0 aromatic heterocycles. The Labute approximate surface area is 94.8 Å². The second-order valence-electron chi connectivity index (χ2n) is 3.81. The molecule has 1 heterocycles. The van der Waals surface area contributed by atoms with Gasteiger partial charge in [0.15, 0.2) is 0 Å². The first kappa shape index (κ1) is 11.0. The van der Waals surface area contributed by atoms with E-state index in [1.54, 1.807) is 24.1 Å². The van der Waals surface area contributed by atoms with Gasteiger partial charge in [0.1, 0.15) is 5.75 Å². The molecule has 0 N–H and O–H groups in total. The molecule has 1 aromatic rings. The summed E-state index contributed by atoms with van der Waals surface area (Å²) >= 11 is 0. The molecule has 0 aliphatic carbocycles. The summed E-state index contributed by atoms with van der Waals surface area (Å²) in [6.07, 6.45) is 0.544. The Morgan fingerprint density at radius 2 is 2.19 bits per heavy atom. The van der Waals surface area contributed by atoms with Crippen LogP contribution < -0.4 is 4.74 Å². The largest absolute Gasteiger partial charge is 0.415 e. The smallest absolute Gasteiger partial charge is 0.410 e. The van der Waals surface area contributed by atoms with Crippen molar-refractivity contribution in [1.82, 2.24) is 4.90 Å². The minimum atomic E-state index is -0.332. The van der Waals surface area contributed by atoms with Crippen LogP contribution in [0.25, 0.3) is 0 Å². The molecule has 0 bridgehead atoms. The number of rotatable bonds is 2. The molecule has 1 fully saturated rings. The van der Waals surface area contributed by atoms with E-state index in [0.29, 0.717) is 19.0 Å². The first-order chi connectivity index (χ1) is 7.77. The van der Waals surface area contributed by atoms with Crippen molar-refractivity contribution in [1.29, 1.82) is 0 Å². The maximum Gasteiger partial charge on any atom is 0.415 e. The molecule has 4 nitrogen and oxygen atoms in total. The SMILES string of the molecule is CN(C(=O)Oc1ccccc1)C1CCOC1. The molecule has 1 saturated heterocycles. The Morgan fingerprint density at radius 3 is 2.81 bits per heavy atom. The van der Waals surface area contributed by atoms with E-state index < -0.39 is 0 Å². The molecule has 86 valence electrons. The minimum absolute atomic E-state index is 0.135. The summed E-state index contributed by atoms with van der Waals surface area (Å²) in [5, 5.41) is 0. The van der Waals surface area contributed by atoms with Crippen LogP contribution in [-0.4, -0.2) is 37.3 Å².